The van der Waals surface area contributed by atoms with E-state index in [-0.39, 0.29) is 24.2 Å². The van der Waals surface area contributed by atoms with E-state index in [1.54, 1.807) is 4.90 Å². The third-order valence-electron chi connectivity index (χ3n) is 6.94. The van der Waals surface area contributed by atoms with Crippen molar-refractivity contribution in [3.63, 3.8) is 0 Å². The highest BCUT2D eigenvalue weighted by Crippen LogP contribution is 2.21. The molecule has 0 radical (unpaired) electrons. The van der Waals surface area contributed by atoms with Gasteiger partial charge < -0.3 is 19.9 Å². The van der Waals surface area contributed by atoms with E-state index in [2.05, 4.69) is 20.1 Å². The minimum Gasteiger partial charge on any atom is -0.456 e. The summed E-state index contributed by atoms with van der Waals surface area (Å²) in [5, 5.41) is 13.4. The first-order chi connectivity index (χ1) is 18.9. The monoisotopic (exact) mass is 578 g/mol. The summed E-state index contributed by atoms with van der Waals surface area (Å²) >= 11 is 0. The van der Waals surface area contributed by atoms with Crippen LogP contribution in [-0.2, 0) is 40.4 Å². The van der Waals surface area contributed by atoms with Crippen LogP contribution in [0.2, 0.25) is 0 Å². The van der Waals surface area contributed by atoms with Crippen molar-refractivity contribution in [2.24, 2.45) is 5.92 Å². The third-order valence-corrected chi connectivity index (χ3v) is 7.65. The van der Waals surface area contributed by atoms with E-state index in [1.165, 1.54) is 11.8 Å². The number of esters is 1. The summed E-state index contributed by atoms with van der Waals surface area (Å²) in [6, 6.07) is 7.43. The third kappa shape index (κ3) is 9.59. The Morgan fingerprint density at radius 1 is 1.07 bits per heavy atom. The first-order valence-electron chi connectivity index (χ1n) is 13.3. The van der Waals surface area contributed by atoms with Gasteiger partial charge in [0.05, 0.1) is 6.26 Å². The van der Waals surface area contributed by atoms with Crippen molar-refractivity contribution in [1.82, 2.24) is 25.2 Å². The predicted molar refractivity (Wildman–Crippen MR) is 146 cm³/mol. The number of nitrogens with one attached hydrogen (secondary N) is 4. The van der Waals surface area contributed by atoms with Crippen LogP contribution in [0.1, 0.15) is 38.2 Å². The number of sulfonamides is 1. The Hall–Kier alpha value is -3.52. The molecule has 0 aliphatic carbocycles. The Labute approximate surface area is 234 Å². The molecule has 2 saturated heterocycles. The standard InChI is InChI=1S/C26H38N6O7S/c1-18(33)39-17-23(34)29-26(27)31-13-10-20(11-14-31)16-28-24(35)22-9-6-12-32(22)25(36)21(30-40(2,37)38)15-19-7-4-3-5-8-19/h3-5,7-8,20-22,30H,6,9-17H2,1-2H3,(H,28,35)(H2,27,29,34)/t21-,22+/m1/s1. The van der Waals surface area contributed by atoms with E-state index in [9.17, 15) is 27.6 Å². The number of hydrogen-bond acceptors (Lipinski definition) is 8. The molecule has 2 atom stereocenters. The van der Waals surface area contributed by atoms with Crippen LogP contribution in [0.25, 0.3) is 0 Å². The molecule has 2 fully saturated rings. The van der Waals surface area contributed by atoms with Crippen molar-refractivity contribution >= 4 is 39.7 Å². The lowest BCUT2D eigenvalue weighted by Crippen LogP contribution is -2.54. The number of hydrogen-bond donors (Lipinski definition) is 4. The molecule has 40 heavy (non-hydrogen) atoms. The Kier molecular flexibility index (Phi) is 11.0. The fourth-order valence-electron chi connectivity index (χ4n) is 4.93. The van der Waals surface area contributed by atoms with Crippen LogP contribution in [0.5, 0.6) is 0 Å². The Balaban J connectivity index is 1.50. The summed E-state index contributed by atoms with van der Waals surface area (Å²) in [5.41, 5.74) is 0.806. The number of carbonyl (C=O) groups is 4. The van der Waals surface area contributed by atoms with Crippen molar-refractivity contribution in [2.45, 2.75) is 51.1 Å². The first kappa shape index (κ1) is 31.0. The van der Waals surface area contributed by atoms with Crippen LogP contribution < -0.4 is 15.4 Å². The van der Waals surface area contributed by atoms with Crippen molar-refractivity contribution < 1.29 is 32.3 Å². The van der Waals surface area contributed by atoms with Gasteiger partial charge in [0.2, 0.25) is 21.8 Å². The molecule has 14 heteroatoms. The van der Waals surface area contributed by atoms with Gasteiger partial charge in [-0.15, -0.1) is 0 Å². The SMILES string of the molecule is CC(=O)OCC(=O)NC(=N)N1CCC(CNC(=O)[C@@H]2CCCN2C(=O)[C@@H](Cc2ccccc2)NS(C)(=O)=O)CC1. The summed E-state index contributed by atoms with van der Waals surface area (Å²) in [4.78, 5) is 52.3. The van der Waals surface area contributed by atoms with Gasteiger partial charge in [0.1, 0.15) is 12.1 Å². The molecule has 220 valence electrons. The molecule has 0 aromatic heterocycles. The van der Waals surface area contributed by atoms with E-state index in [0.29, 0.717) is 51.9 Å². The molecular weight excluding hydrogens is 540 g/mol. The van der Waals surface area contributed by atoms with Gasteiger partial charge in [-0.2, -0.15) is 0 Å². The van der Waals surface area contributed by atoms with Crippen LogP contribution in [0.3, 0.4) is 0 Å². The number of ether oxygens (including phenoxy) is 1. The highest BCUT2D eigenvalue weighted by atomic mass is 32.2. The van der Waals surface area contributed by atoms with Crippen molar-refractivity contribution in [3.8, 4) is 0 Å². The van der Waals surface area contributed by atoms with Crippen LogP contribution in [0, 0.1) is 11.3 Å². The lowest BCUT2D eigenvalue weighted by Gasteiger charge is -2.34. The smallest absolute Gasteiger partial charge is 0.303 e. The maximum absolute atomic E-state index is 13.4. The summed E-state index contributed by atoms with van der Waals surface area (Å²) in [6.45, 7) is 2.56. The minimum atomic E-state index is -3.66. The van der Waals surface area contributed by atoms with Gasteiger partial charge in [-0.1, -0.05) is 30.3 Å². The fraction of sp³-hybridized carbons (Fsp3) is 0.577. The maximum atomic E-state index is 13.4. The first-order valence-corrected chi connectivity index (χ1v) is 15.2. The second-order valence-corrected chi connectivity index (χ2v) is 12.0. The predicted octanol–water partition coefficient (Wildman–Crippen LogP) is -0.420. The molecule has 13 nitrogen and oxygen atoms in total. The van der Waals surface area contributed by atoms with E-state index >= 15 is 0 Å². The van der Waals surface area contributed by atoms with Crippen LogP contribution in [-0.4, -0.2) is 99.0 Å². The lowest BCUT2D eigenvalue weighted by molar-refractivity contribution is -0.146. The van der Waals surface area contributed by atoms with E-state index in [1.807, 2.05) is 30.3 Å². The summed E-state index contributed by atoms with van der Waals surface area (Å²) in [6.07, 6.45) is 3.70. The van der Waals surface area contributed by atoms with Crippen LogP contribution in [0.4, 0.5) is 0 Å². The number of carbonyl (C=O) groups excluding carboxylic acids is 4. The van der Waals surface area contributed by atoms with Crippen LogP contribution in [0.15, 0.2) is 30.3 Å². The average molecular weight is 579 g/mol. The number of guanidine groups is 1. The van der Waals surface area contributed by atoms with Gasteiger partial charge in [-0.3, -0.25) is 29.9 Å². The minimum absolute atomic E-state index is 0.0625. The molecule has 2 heterocycles. The van der Waals surface area contributed by atoms with Gasteiger partial charge in [0, 0.05) is 33.1 Å². The Bertz CT molecular complexity index is 1190. The average Bonchev–Trinajstić information content (AvgIpc) is 3.40. The molecule has 2 aliphatic rings. The molecule has 1 aromatic rings. The molecule has 4 N–H and O–H groups in total. The number of nitrogens with zero attached hydrogens (tertiary/aromatic N) is 2. The zero-order valence-electron chi connectivity index (χ0n) is 22.9. The summed E-state index contributed by atoms with van der Waals surface area (Å²) in [5.74, 6) is -1.75. The molecular formula is C26H38N6O7S. The number of piperidine rings is 1. The lowest BCUT2D eigenvalue weighted by atomic mass is 9.96. The molecule has 0 unspecified atom stereocenters. The number of likely N-dealkylation sites (tertiary alicyclic amines) is 2. The summed E-state index contributed by atoms with van der Waals surface area (Å²) < 4.78 is 31.1. The molecule has 3 amide bonds. The van der Waals surface area contributed by atoms with Gasteiger partial charge >= 0.3 is 5.97 Å². The molecule has 0 spiro atoms. The molecule has 3 rings (SSSR count). The van der Waals surface area contributed by atoms with Crippen molar-refractivity contribution in [1.29, 1.82) is 5.41 Å². The van der Waals surface area contributed by atoms with E-state index < -0.39 is 46.5 Å². The van der Waals surface area contributed by atoms with Crippen molar-refractivity contribution in [2.75, 3.05) is 39.0 Å². The molecule has 0 bridgehead atoms. The van der Waals surface area contributed by atoms with Crippen molar-refractivity contribution in [3.05, 3.63) is 35.9 Å². The maximum Gasteiger partial charge on any atom is 0.303 e. The van der Waals surface area contributed by atoms with E-state index in [0.717, 1.165) is 11.8 Å². The molecule has 0 saturated carbocycles. The fourth-order valence-corrected chi connectivity index (χ4v) is 5.63. The Morgan fingerprint density at radius 2 is 1.75 bits per heavy atom. The summed E-state index contributed by atoms with van der Waals surface area (Å²) in [7, 11) is -3.66. The van der Waals surface area contributed by atoms with Gasteiger partial charge in [0.25, 0.3) is 5.91 Å². The highest BCUT2D eigenvalue weighted by molar-refractivity contribution is 7.88. The second kappa shape index (κ2) is 14.2. The second-order valence-electron chi connectivity index (χ2n) is 10.2. The topological polar surface area (TPSA) is 178 Å². The largest absolute Gasteiger partial charge is 0.456 e. The molecule has 1 aromatic carbocycles. The van der Waals surface area contributed by atoms with Gasteiger partial charge in [-0.25, -0.2) is 13.1 Å². The Morgan fingerprint density at radius 3 is 2.38 bits per heavy atom. The molecule has 2 aliphatic heterocycles. The number of amides is 3. The zero-order chi connectivity index (χ0) is 29.3. The zero-order valence-corrected chi connectivity index (χ0v) is 23.7. The number of benzene rings is 1. The normalized spacial score (nSPS) is 18.6. The van der Waals surface area contributed by atoms with E-state index in [4.69, 9.17) is 5.41 Å². The highest BCUT2D eigenvalue weighted by Gasteiger charge is 2.38. The quantitative estimate of drug-likeness (QED) is 0.164. The van der Waals surface area contributed by atoms with Gasteiger partial charge in [-0.05, 0) is 43.6 Å². The van der Waals surface area contributed by atoms with Gasteiger partial charge in [0.15, 0.2) is 12.6 Å². The van der Waals surface area contributed by atoms with Crippen LogP contribution >= 0.6 is 0 Å². The number of rotatable bonds is 10.